The Labute approximate surface area is 108 Å². The lowest BCUT2D eigenvalue weighted by atomic mass is 10.3. The monoisotopic (exact) mass is 327 g/mol. The molecule has 0 unspecified atom stereocenters. The van der Waals surface area contributed by atoms with Gasteiger partial charge in [-0.05, 0) is 34.1 Å². The molecule has 0 atom stereocenters. The summed E-state index contributed by atoms with van der Waals surface area (Å²) in [5.74, 6) is -0.0948. The molecule has 16 heavy (non-hydrogen) atoms. The van der Waals surface area contributed by atoms with Crippen molar-refractivity contribution in [2.75, 3.05) is 24.2 Å². The van der Waals surface area contributed by atoms with Crippen molar-refractivity contribution in [1.82, 2.24) is 0 Å². The largest absolute Gasteiger partial charge is 0.384 e. The van der Waals surface area contributed by atoms with Gasteiger partial charge in [0.25, 0.3) is 0 Å². The van der Waals surface area contributed by atoms with E-state index < -0.39 is 10.0 Å². The number of hydrogen-bond donors (Lipinski definition) is 1. The molecule has 4 nitrogen and oxygen atoms in total. The SMILES string of the molecule is COCCS(=O)(=O)Nc1cc(Cl)ccc1Br. The molecule has 7 heteroatoms. The smallest absolute Gasteiger partial charge is 0.235 e. The summed E-state index contributed by atoms with van der Waals surface area (Å²) in [7, 11) is -1.95. The van der Waals surface area contributed by atoms with E-state index in [1.165, 1.54) is 13.2 Å². The zero-order valence-corrected chi connectivity index (χ0v) is 11.7. The first-order chi connectivity index (χ1) is 7.44. The number of hydrogen-bond acceptors (Lipinski definition) is 3. The summed E-state index contributed by atoms with van der Waals surface area (Å²) in [6.07, 6.45) is 0. The van der Waals surface area contributed by atoms with Crippen LogP contribution in [0.15, 0.2) is 22.7 Å². The lowest BCUT2D eigenvalue weighted by Crippen LogP contribution is -2.19. The summed E-state index contributed by atoms with van der Waals surface area (Å²) in [6, 6.07) is 4.88. The van der Waals surface area contributed by atoms with Gasteiger partial charge in [0, 0.05) is 16.6 Å². The third-order valence-corrected chi connectivity index (χ3v) is 3.91. The van der Waals surface area contributed by atoms with Crippen molar-refractivity contribution in [3.05, 3.63) is 27.7 Å². The van der Waals surface area contributed by atoms with Crippen molar-refractivity contribution in [3.8, 4) is 0 Å². The highest BCUT2D eigenvalue weighted by molar-refractivity contribution is 9.10. The van der Waals surface area contributed by atoms with Crippen LogP contribution in [0.5, 0.6) is 0 Å². The molecule has 1 aromatic carbocycles. The zero-order valence-electron chi connectivity index (χ0n) is 8.54. The lowest BCUT2D eigenvalue weighted by Gasteiger charge is -2.09. The molecule has 0 aliphatic rings. The van der Waals surface area contributed by atoms with Gasteiger partial charge in [-0.1, -0.05) is 11.6 Å². The maximum absolute atomic E-state index is 11.6. The van der Waals surface area contributed by atoms with Crippen LogP contribution in [0, 0.1) is 0 Å². The maximum atomic E-state index is 11.6. The van der Waals surface area contributed by atoms with Crippen molar-refractivity contribution < 1.29 is 13.2 Å². The van der Waals surface area contributed by atoms with Crippen LogP contribution in [-0.4, -0.2) is 27.9 Å². The minimum absolute atomic E-state index is 0.0948. The third kappa shape index (κ3) is 4.29. The Hall–Kier alpha value is -0.300. The van der Waals surface area contributed by atoms with Crippen molar-refractivity contribution in [2.24, 2.45) is 0 Å². The first kappa shape index (κ1) is 13.8. The Kier molecular flexibility index (Phi) is 5.04. The summed E-state index contributed by atoms with van der Waals surface area (Å²) in [5, 5.41) is 0.465. The van der Waals surface area contributed by atoms with Gasteiger partial charge >= 0.3 is 0 Å². The molecular formula is C9H11BrClNO3S. The van der Waals surface area contributed by atoms with Gasteiger partial charge in [0.1, 0.15) is 0 Å². The van der Waals surface area contributed by atoms with Gasteiger partial charge in [-0.2, -0.15) is 0 Å². The predicted molar refractivity (Wildman–Crippen MR) is 68.4 cm³/mol. The molecule has 0 saturated heterocycles. The number of nitrogens with one attached hydrogen (secondary N) is 1. The van der Waals surface area contributed by atoms with Crippen LogP contribution in [0.25, 0.3) is 0 Å². The van der Waals surface area contributed by atoms with Gasteiger partial charge in [-0.25, -0.2) is 8.42 Å². The highest BCUT2D eigenvalue weighted by atomic mass is 79.9. The van der Waals surface area contributed by atoms with E-state index in [9.17, 15) is 8.42 Å². The number of sulfonamides is 1. The second-order valence-corrected chi connectivity index (χ2v) is 6.17. The first-order valence-corrected chi connectivity index (χ1v) is 7.21. The molecule has 1 rings (SSSR count). The fourth-order valence-corrected chi connectivity index (χ4v) is 2.63. The third-order valence-electron chi connectivity index (χ3n) is 1.75. The van der Waals surface area contributed by atoms with Crippen LogP contribution >= 0.6 is 27.5 Å². The maximum Gasteiger partial charge on any atom is 0.235 e. The molecule has 0 fully saturated rings. The van der Waals surface area contributed by atoms with Gasteiger partial charge in [0.05, 0.1) is 18.0 Å². The molecule has 0 amide bonds. The Morgan fingerprint density at radius 2 is 2.19 bits per heavy atom. The average molecular weight is 329 g/mol. The topological polar surface area (TPSA) is 55.4 Å². The molecule has 1 N–H and O–H groups in total. The van der Waals surface area contributed by atoms with Crippen molar-refractivity contribution in [1.29, 1.82) is 0 Å². The quantitative estimate of drug-likeness (QED) is 0.903. The summed E-state index contributed by atoms with van der Waals surface area (Å²) in [4.78, 5) is 0. The van der Waals surface area contributed by atoms with E-state index in [1.807, 2.05) is 0 Å². The van der Waals surface area contributed by atoms with Gasteiger partial charge in [-0.15, -0.1) is 0 Å². The Morgan fingerprint density at radius 1 is 1.50 bits per heavy atom. The summed E-state index contributed by atoms with van der Waals surface area (Å²) >= 11 is 9.00. The van der Waals surface area contributed by atoms with E-state index in [4.69, 9.17) is 16.3 Å². The van der Waals surface area contributed by atoms with E-state index in [0.717, 1.165) is 0 Å². The minimum Gasteiger partial charge on any atom is -0.384 e. The fourth-order valence-electron chi connectivity index (χ4n) is 0.987. The van der Waals surface area contributed by atoms with Crippen molar-refractivity contribution >= 4 is 43.2 Å². The highest BCUT2D eigenvalue weighted by Crippen LogP contribution is 2.26. The summed E-state index contributed by atoms with van der Waals surface area (Å²) in [6.45, 7) is 0.146. The average Bonchev–Trinajstić information content (AvgIpc) is 2.20. The molecule has 0 radical (unpaired) electrons. The van der Waals surface area contributed by atoms with E-state index in [-0.39, 0.29) is 12.4 Å². The summed E-state index contributed by atoms with van der Waals surface area (Å²) < 4.78 is 30.9. The van der Waals surface area contributed by atoms with Crippen LogP contribution < -0.4 is 4.72 Å². The fraction of sp³-hybridized carbons (Fsp3) is 0.333. The second kappa shape index (κ2) is 5.86. The normalized spacial score (nSPS) is 11.4. The van der Waals surface area contributed by atoms with E-state index >= 15 is 0 Å². The number of methoxy groups -OCH3 is 1. The number of rotatable bonds is 5. The van der Waals surface area contributed by atoms with E-state index in [2.05, 4.69) is 20.7 Å². The lowest BCUT2D eigenvalue weighted by molar-refractivity contribution is 0.217. The van der Waals surface area contributed by atoms with Gasteiger partial charge < -0.3 is 4.74 Å². The van der Waals surface area contributed by atoms with Crippen molar-refractivity contribution in [3.63, 3.8) is 0 Å². The molecule has 0 aromatic heterocycles. The number of ether oxygens (including phenoxy) is 1. The molecule has 0 heterocycles. The molecule has 0 saturated carbocycles. The minimum atomic E-state index is -3.40. The van der Waals surface area contributed by atoms with E-state index in [1.54, 1.807) is 12.1 Å². The Balaban J connectivity index is 2.83. The Morgan fingerprint density at radius 3 is 2.81 bits per heavy atom. The molecule has 90 valence electrons. The van der Waals surface area contributed by atoms with Crippen LogP contribution in [0.2, 0.25) is 5.02 Å². The van der Waals surface area contributed by atoms with Gasteiger partial charge in [-0.3, -0.25) is 4.72 Å². The number of halogens is 2. The molecule has 1 aromatic rings. The van der Waals surface area contributed by atoms with Crippen LogP contribution in [0.1, 0.15) is 0 Å². The van der Waals surface area contributed by atoms with E-state index in [0.29, 0.717) is 15.2 Å². The molecule has 0 spiro atoms. The molecule has 0 bridgehead atoms. The number of benzene rings is 1. The van der Waals surface area contributed by atoms with Crippen LogP contribution in [-0.2, 0) is 14.8 Å². The standard InChI is InChI=1S/C9H11BrClNO3S/c1-15-4-5-16(13,14)12-9-6-7(11)2-3-8(9)10/h2-3,6,12H,4-5H2,1H3. The van der Waals surface area contributed by atoms with Crippen LogP contribution in [0.4, 0.5) is 5.69 Å². The number of anilines is 1. The predicted octanol–water partition coefficient (Wildman–Crippen LogP) is 2.49. The zero-order chi connectivity index (χ0) is 12.2. The molecular weight excluding hydrogens is 318 g/mol. The van der Waals surface area contributed by atoms with Crippen molar-refractivity contribution in [2.45, 2.75) is 0 Å². The van der Waals surface area contributed by atoms with Gasteiger partial charge in [0.2, 0.25) is 10.0 Å². The Bertz CT molecular complexity index is 464. The molecule has 0 aliphatic carbocycles. The first-order valence-electron chi connectivity index (χ1n) is 4.39. The summed E-state index contributed by atoms with van der Waals surface area (Å²) in [5.41, 5.74) is 0.420. The molecule has 0 aliphatic heterocycles. The highest BCUT2D eigenvalue weighted by Gasteiger charge is 2.12. The van der Waals surface area contributed by atoms with Gasteiger partial charge in [0.15, 0.2) is 0 Å². The van der Waals surface area contributed by atoms with Crippen LogP contribution in [0.3, 0.4) is 0 Å². The second-order valence-electron chi connectivity index (χ2n) is 3.04.